The highest BCUT2D eigenvalue weighted by Gasteiger charge is 2.24. The number of hydrogen-bond acceptors (Lipinski definition) is 5. The minimum absolute atomic E-state index is 0.0417. The van der Waals surface area contributed by atoms with Gasteiger partial charge in [0.1, 0.15) is 5.56 Å². The molecular formula is C7H3ClN2O4. The molecule has 0 aliphatic heterocycles. The first-order valence-electron chi connectivity index (χ1n) is 3.47. The summed E-state index contributed by atoms with van der Waals surface area (Å²) < 4.78 is 9.56. The zero-order chi connectivity index (χ0) is 10.1. The Kier molecular flexibility index (Phi) is 1.97. The van der Waals surface area contributed by atoms with E-state index in [0.717, 1.165) is 6.39 Å². The van der Waals surface area contributed by atoms with Gasteiger partial charge in [-0.3, -0.25) is 0 Å². The average Bonchev–Trinajstić information content (AvgIpc) is 2.70. The Morgan fingerprint density at radius 2 is 2.36 bits per heavy atom. The Labute approximate surface area is 82.1 Å². The summed E-state index contributed by atoms with van der Waals surface area (Å²) in [4.78, 5) is 14.4. The molecule has 72 valence electrons. The van der Waals surface area contributed by atoms with E-state index in [1.807, 2.05) is 0 Å². The zero-order valence-corrected chi connectivity index (χ0v) is 7.35. The van der Waals surface area contributed by atoms with Crippen molar-refractivity contribution >= 4 is 17.6 Å². The SMILES string of the molecule is O=C(O)c1c(Cl)noc1-c1cnco1. The van der Waals surface area contributed by atoms with Crippen LogP contribution in [0.5, 0.6) is 0 Å². The minimum atomic E-state index is -1.23. The number of aromatic nitrogens is 2. The van der Waals surface area contributed by atoms with Crippen LogP contribution in [-0.4, -0.2) is 21.2 Å². The molecule has 0 saturated carbocycles. The molecule has 1 N–H and O–H groups in total. The van der Waals surface area contributed by atoms with Crippen LogP contribution in [0.2, 0.25) is 5.15 Å². The van der Waals surface area contributed by atoms with Crippen LogP contribution >= 0.6 is 11.6 Å². The molecule has 2 rings (SSSR count). The largest absolute Gasteiger partial charge is 0.477 e. The number of halogens is 1. The van der Waals surface area contributed by atoms with E-state index in [0.29, 0.717) is 0 Å². The highest BCUT2D eigenvalue weighted by molar-refractivity contribution is 6.32. The molecule has 0 bridgehead atoms. The third-order valence-electron chi connectivity index (χ3n) is 1.52. The second kappa shape index (κ2) is 3.15. The topological polar surface area (TPSA) is 89.4 Å². The Morgan fingerprint density at radius 1 is 1.57 bits per heavy atom. The molecule has 7 heteroatoms. The van der Waals surface area contributed by atoms with Gasteiger partial charge in [0.25, 0.3) is 0 Å². The Morgan fingerprint density at radius 3 is 2.93 bits per heavy atom. The van der Waals surface area contributed by atoms with Gasteiger partial charge < -0.3 is 14.0 Å². The highest BCUT2D eigenvalue weighted by atomic mass is 35.5. The Bertz CT molecular complexity index is 462. The molecule has 0 radical (unpaired) electrons. The van der Waals surface area contributed by atoms with Crippen molar-refractivity contribution < 1.29 is 18.8 Å². The van der Waals surface area contributed by atoms with Gasteiger partial charge in [0.05, 0.1) is 6.20 Å². The number of carbonyl (C=O) groups is 1. The van der Waals surface area contributed by atoms with Crippen LogP contribution < -0.4 is 0 Å². The molecular weight excluding hydrogens is 212 g/mol. The van der Waals surface area contributed by atoms with Crippen molar-refractivity contribution in [1.82, 2.24) is 10.1 Å². The molecule has 6 nitrogen and oxygen atoms in total. The van der Waals surface area contributed by atoms with Gasteiger partial charge in [0, 0.05) is 0 Å². The summed E-state index contributed by atoms with van der Waals surface area (Å²) >= 11 is 5.51. The molecule has 0 aromatic carbocycles. The van der Waals surface area contributed by atoms with Gasteiger partial charge in [0.15, 0.2) is 17.3 Å². The number of carboxylic acid groups (broad SMARTS) is 1. The van der Waals surface area contributed by atoms with Crippen LogP contribution in [0.4, 0.5) is 0 Å². The normalized spacial score (nSPS) is 10.4. The maximum atomic E-state index is 10.8. The molecule has 0 unspecified atom stereocenters. The first-order valence-corrected chi connectivity index (χ1v) is 3.85. The van der Waals surface area contributed by atoms with Crippen molar-refractivity contribution in [3.05, 3.63) is 23.3 Å². The van der Waals surface area contributed by atoms with E-state index in [2.05, 4.69) is 10.1 Å². The fraction of sp³-hybridized carbons (Fsp3) is 0. The van der Waals surface area contributed by atoms with Gasteiger partial charge in [-0.2, -0.15) is 0 Å². The van der Waals surface area contributed by atoms with Crippen LogP contribution in [0.25, 0.3) is 11.5 Å². The molecule has 0 fully saturated rings. The van der Waals surface area contributed by atoms with E-state index in [1.165, 1.54) is 6.20 Å². The molecule has 2 heterocycles. The highest BCUT2D eigenvalue weighted by Crippen LogP contribution is 2.28. The van der Waals surface area contributed by atoms with Crippen molar-refractivity contribution in [2.45, 2.75) is 0 Å². The predicted octanol–water partition coefficient (Wildman–Crippen LogP) is 1.68. The van der Waals surface area contributed by atoms with Crippen LogP contribution in [0.1, 0.15) is 10.4 Å². The Hall–Kier alpha value is -1.82. The number of oxazole rings is 1. The second-order valence-corrected chi connectivity index (χ2v) is 2.71. The lowest BCUT2D eigenvalue weighted by molar-refractivity contribution is 0.0697. The van der Waals surface area contributed by atoms with E-state index in [1.54, 1.807) is 0 Å². The van der Waals surface area contributed by atoms with Crippen LogP contribution in [0.15, 0.2) is 21.5 Å². The van der Waals surface area contributed by atoms with Gasteiger partial charge in [-0.05, 0) is 0 Å². The molecule has 2 aromatic heterocycles. The third-order valence-corrected chi connectivity index (χ3v) is 1.78. The summed E-state index contributed by atoms with van der Waals surface area (Å²) in [5.74, 6) is -1.11. The lowest BCUT2D eigenvalue weighted by Gasteiger charge is -1.90. The Balaban J connectivity index is 2.60. The van der Waals surface area contributed by atoms with E-state index >= 15 is 0 Å². The van der Waals surface area contributed by atoms with Gasteiger partial charge in [-0.25, -0.2) is 9.78 Å². The molecule has 0 spiro atoms. The predicted molar refractivity (Wildman–Crippen MR) is 44.0 cm³/mol. The molecule has 0 saturated heterocycles. The van der Waals surface area contributed by atoms with Crippen molar-refractivity contribution in [3.63, 3.8) is 0 Å². The number of carboxylic acids is 1. The number of hydrogen-bond donors (Lipinski definition) is 1. The lowest BCUT2D eigenvalue weighted by Crippen LogP contribution is -1.96. The summed E-state index contributed by atoms with van der Waals surface area (Å²) in [5.41, 5.74) is -0.233. The van der Waals surface area contributed by atoms with Gasteiger partial charge in [-0.15, -0.1) is 0 Å². The average molecular weight is 215 g/mol. The van der Waals surface area contributed by atoms with E-state index in [9.17, 15) is 4.79 Å². The first-order chi connectivity index (χ1) is 6.70. The molecule has 2 aromatic rings. The molecule has 0 amide bonds. The quantitative estimate of drug-likeness (QED) is 0.818. The lowest BCUT2D eigenvalue weighted by atomic mass is 10.2. The van der Waals surface area contributed by atoms with E-state index in [4.69, 9.17) is 25.6 Å². The van der Waals surface area contributed by atoms with Crippen LogP contribution in [0.3, 0.4) is 0 Å². The fourth-order valence-corrected chi connectivity index (χ4v) is 1.15. The maximum Gasteiger partial charge on any atom is 0.343 e. The van der Waals surface area contributed by atoms with Gasteiger partial charge >= 0.3 is 5.97 Å². The van der Waals surface area contributed by atoms with Crippen molar-refractivity contribution in [2.24, 2.45) is 0 Å². The van der Waals surface area contributed by atoms with Crippen LogP contribution in [-0.2, 0) is 0 Å². The summed E-state index contributed by atoms with van der Waals surface area (Å²) in [6.45, 7) is 0. The molecule has 14 heavy (non-hydrogen) atoms. The van der Waals surface area contributed by atoms with Crippen molar-refractivity contribution in [1.29, 1.82) is 0 Å². The second-order valence-electron chi connectivity index (χ2n) is 2.35. The minimum Gasteiger partial charge on any atom is -0.477 e. The third kappa shape index (κ3) is 1.25. The standard InChI is InChI=1S/C7H3ClN2O4/c8-6-4(7(11)12)5(14-10-6)3-1-9-2-13-3/h1-2H,(H,11,12). The van der Waals surface area contributed by atoms with Crippen molar-refractivity contribution in [2.75, 3.05) is 0 Å². The summed E-state index contributed by atoms with van der Waals surface area (Å²) in [6.07, 6.45) is 2.46. The van der Waals surface area contributed by atoms with Gasteiger partial charge in [-0.1, -0.05) is 16.8 Å². The number of aromatic carboxylic acids is 1. The number of nitrogens with zero attached hydrogens (tertiary/aromatic N) is 2. The monoisotopic (exact) mass is 214 g/mol. The zero-order valence-electron chi connectivity index (χ0n) is 6.60. The summed E-state index contributed by atoms with van der Waals surface area (Å²) in [5, 5.41) is 11.9. The fourth-order valence-electron chi connectivity index (χ4n) is 0.952. The summed E-state index contributed by atoms with van der Waals surface area (Å²) in [6, 6.07) is 0. The summed E-state index contributed by atoms with van der Waals surface area (Å²) in [7, 11) is 0. The maximum absolute atomic E-state index is 10.8. The molecule has 0 aliphatic carbocycles. The van der Waals surface area contributed by atoms with E-state index in [-0.39, 0.29) is 22.2 Å². The first kappa shape index (κ1) is 8.76. The molecule has 0 aliphatic rings. The molecule has 0 atom stereocenters. The van der Waals surface area contributed by atoms with Crippen LogP contribution in [0, 0.1) is 0 Å². The van der Waals surface area contributed by atoms with Crippen molar-refractivity contribution in [3.8, 4) is 11.5 Å². The number of rotatable bonds is 2. The van der Waals surface area contributed by atoms with E-state index < -0.39 is 5.97 Å². The smallest absolute Gasteiger partial charge is 0.343 e. The van der Waals surface area contributed by atoms with Gasteiger partial charge in [0.2, 0.25) is 5.76 Å².